The van der Waals surface area contributed by atoms with E-state index < -0.39 is 0 Å². The third kappa shape index (κ3) is 8.33. The molecule has 0 radical (unpaired) electrons. The Kier molecular flexibility index (Phi) is 11.8. The molecule has 1 nitrogen and oxygen atoms in total. The van der Waals surface area contributed by atoms with Gasteiger partial charge in [-0.15, -0.1) is 13.2 Å². The standard InChI is InChI=1S/C9H12FN.C9H18.C2H4/c1-7(11-2)8-3-5-9(10)6-4-8;1-8(2)9-6-4-3-5-7-9;1-2/h3-7,11H,1-2H3;8-9H,3-7H2,1-2H3;1-2H2. The lowest BCUT2D eigenvalue weighted by atomic mass is 9.82. The summed E-state index contributed by atoms with van der Waals surface area (Å²) in [7, 11) is 1.88. The Balaban J connectivity index is 0.000000366. The smallest absolute Gasteiger partial charge is 0.123 e. The lowest BCUT2D eigenvalue weighted by Crippen LogP contribution is -2.12. The third-order valence-corrected chi connectivity index (χ3v) is 4.40. The molecule has 1 fully saturated rings. The summed E-state index contributed by atoms with van der Waals surface area (Å²) in [4.78, 5) is 0. The van der Waals surface area contributed by atoms with Crippen LogP contribution in [0.25, 0.3) is 0 Å². The Labute approximate surface area is 137 Å². The minimum absolute atomic E-state index is 0.183. The molecule has 1 unspecified atom stereocenters. The van der Waals surface area contributed by atoms with Crippen LogP contribution in [-0.4, -0.2) is 7.05 Å². The Bertz CT molecular complexity index is 366. The fraction of sp³-hybridized carbons (Fsp3) is 0.600. The van der Waals surface area contributed by atoms with Crippen LogP contribution in [0.2, 0.25) is 0 Å². The highest BCUT2D eigenvalue weighted by Crippen LogP contribution is 2.29. The fourth-order valence-corrected chi connectivity index (χ4v) is 2.72. The molecule has 1 N–H and O–H groups in total. The number of rotatable bonds is 3. The highest BCUT2D eigenvalue weighted by atomic mass is 19.1. The molecule has 1 aliphatic carbocycles. The van der Waals surface area contributed by atoms with Crippen molar-refractivity contribution in [3.05, 3.63) is 48.8 Å². The lowest BCUT2D eigenvalue weighted by molar-refractivity contribution is 0.279. The zero-order chi connectivity index (χ0) is 17.0. The van der Waals surface area contributed by atoms with Crippen molar-refractivity contribution in [3.8, 4) is 0 Å². The summed E-state index contributed by atoms with van der Waals surface area (Å²) >= 11 is 0. The van der Waals surface area contributed by atoms with Gasteiger partial charge in [0.1, 0.15) is 5.82 Å². The van der Waals surface area contributed by atoms with E-state index in [-0.39, 0.29) is 11.9 Å². The summed E-state index contributed by atoms with van der Waals surface area (Å²) in [5.74, 6) is 1.81. The minimum atomic E-state index is -0.183. The van der Waals surface area contributed by atoms with Gasteiger partial charge in [-0.3, -0.25) is 0 Å². The molecular formula is C20H34FN. The van der Waals surface area contributed by atoms with E-state index in [1.807, 2.05) is 14.0 Å². The van der Waals surface area contributed by atoms with E-state index in [9.17, 15) is 4.39 Å². The summed E-state index contributed by atoms with van der Waals surface area (Å²) in [6, 6.07) is 6.81. The zero-order valence-corrected chi connectivity index (χ0v) is 14.9. The van der Waals surface area contributed by atoms with Gasteiger partial charge < -0.3 is 5.32 Å². The van der Waals surface area contributed by atoms with E-state index in [1.54, 1.807) is 12.1 Å². The van der Waals surface area contributed by atoms with Crippen LogP contribution >= 0.6 is 0 Å². The molecule has 1 aromatic rings. The Morgan fingerprint density at radius 2 is 1.50 bits per heavy atom. The van der Waals surface area contributed by atoms with Gasteiger partial charge in [-0.25, -0.2) is 4.39 Å². The van der Waals surface area contributed by atoms with Crippen molar-refractivity contribution < 1.29 is 4.39 Å². The first-order chi connectivity index (χ1) is 10.5. The molecule has 2 rings (SSSR count). The summed E-state index contributed by atoms with van der Waals surface area (Å²) in [5, 5.41) is 3.08. The lowest BCUT2D eigenvalue weighted by Gasteiger charge is -2.24. The quantitative estimate of drug-likeness (QED) is 0.662. The maximum Gasteiger partial charge on any atom is 0.123 e. The van der Waals surface area contributed by atoms with Gasteiger partial charge in [0, 0.05) is 6.04 Å². The van der Waals surface area contributed by atoms with Crippen LogP contribution in [0.4, 0.5) is 4.39 Å². The highest BCUT2D eigenvalue weighted by Gasteiger charge is 2.15. The second-order valence-corrected chi connectivity index (χ2v) is 6.20. The van der Waals surface area contributed by atoms with Gasteiger partial charge in [0.15, 0.2) is 0 Å². The van der Waals surface area contributed by atoms with Crippen molar-refractivity contribution in [1.82, 2.24) is 5.32 Å². The SMILES string of the molecule is C=C.CC(C)C1CCCCC1.CNC(C)c1ccc(F)cc1. The van der Waals surface area contributed by atoms with Crippen molar-refractivity contribution in [2.45, 2.75) is 58.9 Å². The summed E-state index contributed by atoms with van der Waals surface area (Å²) < 4.78 is 12.4. The van der Waals surface area contributed by atoms with Crippen molar-refractivity contribution in [3.63, 3.8) is 0 Å². The molecule has 1 aromatic carbocycles. The van der Waals surface area contributed by atoms with E-state index in [1.165, 1.54) is 44.2 Å². The maximum absolute atomic E-state index is 12.4. The van der Waals surface area contributed by atoms with Crippen LogP contribution in [0.3, 0.4) is 0 Å². The molecule has 0 amide bonds. The molecule has 0 saturated heterocycles. The number of nitrogens with one attached hydrogen (secondary N) is 1. The van der Waals surface area contributed by atoms with Crippen molar-refractivity contribution in [2.75, 3.05) is 7.05 Å². The molecule has 22 heavy (non-hydrogen) atoms. The van der Waals surface area contributed by atoms with E-state index in [0.29, 0.717) is 0 Å². The van der Waals surface area contributed by atoms with Crippen LogP contribution < -0.4 is 5.32 Å². The minimum Gasteiger partial charge on any atom is -0.313 e. The molecule has 0 aliphatic heterocycles. The average Bonchev–Trinajstić information content (AvgIpc) is 2.58. The molecule has 0 heterocycles. The number of benzene rings is 1. The maximum atomic E-state index is 12.4. The normalized spacial score (nSPS) is 16.1. The first-order valence-corrected chi connectivity index (χ1v) is 8.47. The molecule has 0 spiro atoms. The molecule has 2 heteroatoms. The summed E-state index contributed by atoms with van der Waals surface area (Å²) in [6.07, 6.45) is 7.46. The van der Waals surface area contributed by atoms with Gasteiger partial charge in [-0.2, -0.15) is 0 Å². The Morgan fingerprint density at radius 3 is 1.86 bits per heavy atom. The number of hydrogen-bond acceptors (Lipinski definition) is 1. The van der Waals surface area contributed by atoms with E-state index in [0.717, 1.165) is 17.4 Å². The van der Waals surface area contributed by atoms with Crippen molar-refractivity contribution >= 4 is 0 Å². The third-order valence-electron chi connectivity index (χ3n) is 4.40. The first kappa shape index (κ1) is 20.9. The predicted octanol–water partition coefficient (Wildman–Crippen LogP) is 6.13. The average molecular weight is 307 g/mol. The largest absolute Gasteiger partial charge is 0.313 e. The monoisotopic (exact) mass is 307 g/mol. The van der Waals surface area contributed by atoms with Gasteiger partial charge >= 0.3 is 0 Å². The fourth-order valence-electron chi connectivity index (χ4n) is 2.72. The van der Waals surface area contributed by atoms with Gasteiger partial charge in [0.05, 0.1) is 0 Å². The molecule has 126 valence electrons. The second-order valence-electron chi connectivity index (χ2n) is 6.20. The van der Waals surface area contributed by atoms with E-state index in [4.69, 9.17) is 0 Å². The molecule has 1 atom stereocenters. The highest BCUT2D eigenvalue weighted by molar-refractivity contribution is 5.18. The molecule has 1 saturated carbocycles. The first-order valence-electron chi connectivity index (χ1n) is 8.47. The van der Waals surface area contributed by atoms with Gasteiger partial charge in [0.2, 0.25) is 0 Å². The topological polar surface area (TPSA) is 12.0 Å². The summed E-state index contributed by atoms with van der Waals surface area (Å²) in [5.41, 5.74) is 1.11. The van der Waals surface area contributed by atoms with Gasteiger partial charge in [-0.05, 0) is 43.5 Å². The predicted molar refractivity (Wildman–Crippen MR) is 96.5 cm³/mol. The number of halogens is 1. The molecular weight excluding hydrogens is 273 g/mol. The van der Waals surface area contributed by atoms with Crippen LogP contribution in [0.15, 0.2) is 37.4 Å². The van der Waals surface area contributed by atoms with Crippen LogP contribution in [0.1, 0.15) is 64.5 Å². The molecule has 1 aliphatic rings. The Morgan fingerprint density at radius 1 is 1.00 bits per heavy atom. The van der Waals surface area contributed by atoms with Crippen LogP contribution in [0.5, 0.6) is 0 Å². The van der Waals surface area contributed by atoms with Gasteiger partial charge in [0.25, 0.3) is 0 Å². The van der Waals surface area contributed by atoms with Crippen LogP contribution in [-0.2, 0) is 0 Å². The zero-order valence-electron chi connectivity index (χ0n) is 14.9. The number of hydrogen-bond donors (Lipinski definition) is 1. The van der Waals surface area contributed by atoms with Crippen molar-refractivity contribution in [2.24, 2.45) is 11.8 Å². The molecule has 0 aromatic heterocycles. The van der Waals surface area contributed by atoms with E-state index in [2.05, 4.69) is 32.3 Å². The van der Waals surface area contributed by atoms with E-state index >= 15 is 0 Å². The van der Waals surface area contributed by atoms with Crippen LogP contribution in [0, 0.1) is 17.7 Å². The summed E-state index contributed by atoms with van der Waals surface area (Å²) in [6.45, 7) is 12.7. The van der Waals surface area contributed by atoms with Gasteiger partial charge in [-0.1, -0.05) is 58.1 Å². The second kappa shape index (κ2) is 12.4. The molecule has 0 bridgehead atoms. The van der Waals surface area contributed by atoms with Crippen molar-refractivity contribution in [1.29, 1.82) is 0 Å². The Hall–Kier alpha value is -1.15.